The Balaban J connectivity index is 2.01. The van der Waals surface area contributed by atoms with E-state index in [0.717, 1.165) is 5.69 Å². The second kappa shape index (κ2) is 5.10. The zero-order chi connectivity index (χ0) is 13.1. The van der Waals surface area contributed by atoms with Crippen LogP contribution in [0.15, 0.2) is 28.8 Å². The van der Waals surface area contributed by atoms with Crippen molar-refractivity contribution in [3.05, 3.63) is 46.3 Å². The van der Waals surface area contributed by atoms with Crippen molar-refractivity contribution in [2.45, 2.75) is 13.5 Å². The first-order valence-electron chi connectivity index (χ1n) is 5.31. The highest BCUT2D eigenvalue weighted by Crippen LogP contribution is 2.19. The first-order valence-corrected chi connectivity index (χ1v) is 5.69. The van der Waals surface area contributed by atoms with Crippen LogP contribution in [0.5, 0.6) is 0 Å². The van der Waals surface area contributed by atoms with Crippen LogP contribution in [0.2, 0.25) is 5.02 Å². The Hall–Kier alpha value is -2.01. The van der Waals surface area contributed by atoms with Crippen molar-refractivity contribution in [3.8, 4) is 0 Å². The Morgan fingerprint density at radius 1 is 1.50 bits per heavy atom. The van der Waals surface area contributed by atoms with Gasteiger partial charge in [-0.3, -0.25) is 4.79 Å². The molecule has 6 heteroatoms. The Morgan fingerprint density at radius 2 is 2.28 bits per heavy atom. The molecule has 0 fully saturated rings. The van der Waals surface area contributed by atoms with Crippen LogP contribution in [0, 0.1) is 6.92 Å². The zero-order valence-corrected chi connectivity index (χ0v) is 10.5. The van der Waals surface area contributed by atoms with E-state index >= 15 is 0 Å². The summed E-state index contributed by atoms with van der Waals surface area (Å²) in [6, 6.07) is 6.49. The first kappa shape index (κ1) is 12.4. The fraction of sp³-hybridized carbons (Fsp3) is 0.167. The highest BCUT2D eigenvalue weighted by Gasteiger charge is 2.08. The summed E-state index contributed by atoms with van der Waals surface area (Å²) in [7, 11) is 0. The van der Waals surface area contributed by atoms with E-state index < -0.39 is 0 Å². The van der Waals surface area contributed by atoms with Gasteiger partial charge in [-0.15, -0.1) is 0 Å². The lowest BCUT2D eigenvalue weighted by Crippen LogP contribution is -2.22. The number of aryl methyl sites for hydroxylation is 1. The minimum atomic E-state index is -0.244. The molecule has 0 aliphatic carbocycles. The summed E-state index contributed by atoms with van der Waals surface area (Å²) in [5.41, 5.74) is 7.24. The van der Waals surface area contributed by atoms with Gasteiger partial charge in [0.05, 0.1) is 22.9 Å². The topological polar surface area (TPSA) is 81.2 Å². The second-order valence-corrected chi connectivity index (χ2v) is 4.26. The van der Waals surface area contributed by atoms with Crippen molar-refractivity contribution in [1.29, 1.82) is 0 Å². The summed E-state index contributed by atoms with van der Waals surface area (Å²) < 4.78 is 4.98. The van der Waals surface area contributed by atoms with Gasteiger partial charge >= 0.3 is 0 Å². The van der Waals surface area contributed by atoms with E-state index in [4.69, 9.17) is 21.9 Å². The lowest BCUT2D eigenvalue weighted by molar-refractivity contribution is 0.0947. The van der Waals surface area contributed by atoms with Crippen molar-refractivity contribution in [3.63, 3.8) is 0 Å². The molecule has 94 valence electrons. The van der Waals surface area contributed by atoms with Crippen LogP contribution in [0.3, 0.4) is 0 Å². The van der Waals surface area contributed by atoms with Crippen molar-refractivity contribution in [1.82, 2.24) is 10.5 Å². The minimum absolute atomic E-state index is 0.244. The average molecular weight is 266 g/mol. The van der Waals surface area contributed by atoms with E-state index in [0.29, 0.717) is 22.0 Å². The summed E-state index contributed by atoms with van der Waals surface area (Å²) in [5.74, 6) is 0.355. The molecule has 2 aromatic rings. The Morgan fingerprint density at radius 3 is 2.89 bits per heavy atom. The van der Waals surface area contributed by atoms with Gasteiger partial charge in [0.2, 0.25) is 0 Å². The summed E-state index contributed by atoms with van der Waals surface area (Å²) >= 11 is 5.84. The van der Waals surface area contributed by atoms with Crippen LogP contribution in [-0.2, 0) is 6.54 Å². The summed E-state index contributed by atoms with van der Waals surface area (Å²) in [4.78, 5) is 11.8. The maximum atomic E-state index is 11.8. The fourth-order valence-corrected chi connectivity index (χ4v) is 1.62. The Labute approximate surface area is 109 Å². The molecular formula is C12H12ClN3O2. The van der Waals surface area contributed by atoms with Crippen LogP contribution in [0.4, 0.5) is 5.69 Å². The van der Waals surface area contributed by atoms with Crippen molar-refractivity contribution < 1.29 is 9.32 Å². The highest BCUT2D eigenvalue weighted by atomic mass is 35.5. The molecule has 0 atom stereocenters. The normalized spacial score (nSPS) is 10.3. The molecule has 1 heterocycles. The van der Waals surface area contributed by atoms with Gasteiger partial charge in [-0.05, 0) is 25.1 Å². The van der Waals surface area contributed by atoms with Crippen LogP contribution in [0.25, 0.3) is 0 Å². The average Bonchev–Trinajstić information content (AvgIpc) is 2.75. The van der Waals surface area contributed by atoms with Crippen LogP contribution in [-0.4, -0.2) is 11.1 Å². The molecule has 1 amide bonds. The standard InChI is InChI=1S/C12H12ClN3O2/c1-7-4-9(18-16-7)6-15-12(17)8-2-3-11(14)10(13)5-8/h2-5H,6,14H2,1H3,(H,15,17). The number of carbonyl (C=O) groups is 1. The number of benzene rings is 1. The number of nitrogens with one attached hydrogen (secondary N) is 1. The number of nitrogens with zero attached hydrogens (tertiary/aromatic N) is 1. The lowest BCUT2D eigenvalue weighted by Gasteiger charge is -2.04. The van der Waals surface area contributed by atoms with E-state index in [1.165, 1.54) is 6.07 Å². The predicted molar refractivity (Wildman–Crippen MR) is 68.3 cm³/mol. The van der Waals surface area contributed by atoms with Gasteiger partial charge in [-0.25, -0.2) is 0 Å². The van der Waals surface area contributed by atoms with Crippen molar-refractivity contribution >= 4 is 23.2 Å². The number of nitrogen functional groups attached to an aromatic ring is 1. The Kier molecular flexibility index (Phi) is 3.53. The second-order valence-electron chi connectivity index (χ2n) is 3.85. The molecule has 0 saturated heterocycles. The fourth-order valence-electron chi connectivity index (χ4n) is 1.44. The maximum Gasteiger partial charge on any atom is 0.251 e. The SMILES string of the molecule is Cc1cc(CNC(=O)c2ccc(N)c(Cl)c2)on1. The van der Waals surface area contributed by atoms with Gasteiger partial charge in [0, 0.05) is 11.6 Å². The molecule has 0 aliphatic rings. The number of aromatic nitrogens is 1. The van der Waals surface area contributed by atoms with Crippen LogP contribution in [0.1, 0.15) is 21.8 Å². The molecule has 0 radical (unpaired) electrons. The number of anilines is 1. The molecular weight excluding hydrogens is 254 g/mol. The third kappa shape index (κ3) is 2.81. The van der Waals surface area contributed by atoms with Crippen molar-refractivity contribution in [2.24, 2.45) is 0 Å². The molecule has 0 unspecified atom stereocenters. The molecule has 0 bridgehead atoms. The molecule has 18 heavy (non-hydrogen) atoms. The van der Waals surface area contributed by atoms with Gasteiger partial charge in [-0.1, -0.05) is 16.8 Å². The number of nitrogens with two attached hydrogens (primary N) is 1. The van der Waals surface area contributed by atoms with Crippen LogP contribution >= 0.6 is 11.6 Å². The first-order chi connectivity index (χ1) is 8.56. The molecule has 5 nitrogen and oxygen atoms in total. The minimum Gasteiger partial charge on any atom is -0.398 e. The molecule has 3 N–H and O–H groups in total. The molecule has 1 aromatic heterocycles. The molecule has 1 aromatic carbocycles. The number of rotatable bonds is 3. The maximum absolute atomic E-state index is 11.8. The number of carbonyl (C=O) groups excluding carboxylic acids is 1. The monoisotopic (exact) mass is 265 g/mol. The third-order valence-electron chi connectivity index (χ3n) is 2.36. The highest BCUT2D eigenvalue weighted by molar-refractivity contribution is 6.33. The number of amides is 1. The smallest absolute Gasteiger partial charge is 0.251 e. The van der Waals surface area contributed by atoms with Gasteiger partial charge in [0.1, 0.15) is 0 Å². The Bertz CT molecular complexity index is 580. The quantitative estimate of drug-likeness (QED) is 0.833. The van der Waals surface area contributed by atoms with E-state index in [2.05, 4.69) is 10.5 Å². The number of hydrogen-bond acceptors (Lipinski definition) is 4. The zero-order valence-electron chi connectivity index (χ0n) is 9.74. The van der Waals surface area contributed by atoms with Gasteiger partial charge in [0.15, 0.2) is 5.76 Å². The summed E-state index contributed by atoms with van der Waals surface area (Å²) in [6.45, 7) is 2.09. The molecule has 0 spiro atoms. The van der Waals surface area contributed by atoms with Crippen LogP contribution < -0.4 is 11.1 Å². The largest absolute Gasteiger partial charge is 0.398 e. The number of halogens is 1. The van der Waals surface area contributed by atoms with E-state index in [9.17, 15) is 4.79 Å². The molecule has 2 rings (SSSR count). The van der Waals surface area contributed by atoms with E-state index in [1.807, 2.05) is 6.92 Å². The van der Waals surface area contributed by atoms with E-state index in [-0.39, 0.29) is 12.5 Å². The molecule has 0 saturated carbocycles. The number of hydrogen-bond donors (Lipinski definition) is 2. The van der Waals surface area contributed by atoms with Crippen molar-refractivity contribution in [2.75, 3.05) is 5.73 Å². The summed E-state index contributed by atoms with van der Waals surface area (Å²) in [6.07, 6.45) is 0. The summed E-state index contributed by atoms with van der Waals surface area (Å²) in [5, 5.41) is 6.79. The van der Waals surface area contributed by atoms with Gasteiger partial charge in [0.25, 0.3) is 5.91 Å². The predicted octanol–water partition coefficient (Wildman–Crippen LogP) is 2.15. The lowest BCUT2D eigenvalue weighted by atomic mass is 10.2. The third-order valence-corrected chi connectivity index (χ3v) is 2.69. The molecule has 0 aliphatic heterocycles. The van der Waals surface area contributed by atoms with Gasteiger partial charge in [-0.2, -0.15) is 0 Å². The van der Waals surface area contributed by atoms with E-state index in [1.54, 1.807) is 18.2 Å². The van der Waals surface area contributed by atoms with Gasteiger partial charge < -0.3 is 15.6 Å².